The molecule has 0 saturated heterocycles. The van der Waals surface area contributed by atoms with Gasteiger partial charge in [-0.15, -0.1) is 0 Å². The van der Waals surface area contributed by atoms with Gasteiger partial charge in [-0.25, -0.2) is 9.67 Å². The Bertz CT molecular complexity index is 1400. The molecule has 1 amide bonds. The van der Waals surface area contributed by atoms with E-state index in [1.807, 2.05) is 0 Å². The number of aromatic nitrogens is 4. The molecular formula is C22H17N5O4S. The van der Waals surface area contributed by atoms with Crippen molar-refractivity contribution in [1.29, 1.82) is 0 Å². The van der Waals surface area contributed by atoms with E-state index in [0.29, 0.717) is 20.2 Å². The Kier molecular flexibility index (Phi) is 5.08. The summed E-state index contributed by atoms with van der Waals surface area (Å²) in [7, 11) is 0. The maximum atomic E-state index is 13.0. The van der Waals surface area contributed by atoms with Crippen LogP contribution in [0.25, 0.3) is 16.7 Å². The fourth-order valence-electron chi connectivity index (χ4n) is 3.28. The summed E-state index contributed by atoms with van der Waals surface area (Å²) in [4.78, 5) is 30.6. The van der Waals surface area contributed by atoms with E-state index >= 15 is 0 Å². The van der Waals surface area contributed by atoms with Crippen LogP contribution < -0.4 is 15.5 Å². The molecule has 10 heteroatoms. The standard InChI is InChI=1S/C22H17N5O4S/c28-20-18-7-2-10-23-21(18)27(25-19(20)22(29)24-14-8-9-14)15-4-1-5-16(12-15)32(31)17-6-3-11-26(30)13-17/h1-7,10-14H,8-9H2,(H,24,29). The molecule has 32 heavy (non-hydrogen) atoms. The second kappa shape index (κ2) is 8.06. The molecule has 0 aliphatic heterocycles. The first kappa shape index (κ1) is 20.2. The molecule has 9 nitrogen and oxygen atoms in total. The lowest BCUT2D eigenvalue weighted by Gasteiger charge is -2.13. The fourth-order valence-corrected chi connectivity index (χ4v) is 4.39. The predicted molar refractivity (Wildman–Crippen MR) is 116 cm³/mol. The summed E-state index contributed by atoms with van der Waals surface area (Å²) in [5.41, 5.74) is 0.0392. The van der Waals surface area contributed by atoms with Crippen molar-refractivity contribution < 1.29 is 14.1 Å². The highest BCUT2D eigenvalue weighted by molar-refractivity contribution is 7.91. The number of carbonyl (C=O) groups excluding carboxylic acids is 1. The Morgan fingerprint density at radius 3 is 2.75 bits per heavy atom. The summed E-state index contributed by atoms with van der Waals surface area (Å²) >= 11 is -1.62. The molecule has 1 unspecified atom stereocenters. The van der Waals surface area contributed by atoms with E-state index in [1.54, 1.807) is 42.5 Å². The van der Waals surface area contributed by atoms with Crippen LogP contribution >= 0.6 is 0 Å². The lowest BCUT2D eigenvalue weighted by Crippen LogP contribution is -2.33. The number of pyridine rings is 2. The van der Waals surface area contributed by atoms with Crippen molar-refractivity contribution >= 4 is 28.1 Å². The zero-order valence-electron chi connectivity index (χ0n) is 16.7. The van der Waals surface area contributed by atoms with E-state index in [9.17, 15) is 19.3 Å². The van der Waals surface area contributed by atoms with E-state index in [0.717, 1.165) is 12.8 Å². The minimum Gasteiger partial charge on any atom is -0.619 e. The van der Waals surface area contributed by atoms with Crippen LogP contribution in [0.2, 0.25) is 0 Å². The van der Waals surface area contributed by atoms with Crippen LogP contribution in [0.4, 0.5) is 0 Å². The Morgan fingerprint density at radius 2 is 1.97 bits per heavy atom. The van der Waals surface area contributed by atoms with Gasteiger partial charge in [-0.1, -0.05) is 6.07 Å². The molecule has 1 N–H and O–H groups in total. The number of benzene rings is 1. The van der Waals surface area contributed by atoms with Gasteiger partial charge in [0.1, 0.15) is 0 Å². The summed E-state index contributed by atoms with van der Waals surface area (Å²) < 4.78 is 15.0. The van der Waals surface area contributed by atoms with Crippen molar-refractivity contribution in [3.63, 3.8) is 0 Å². The number of amides is 1. The highest BCUT2D eigenvalue weighted by Crippen LogP contribution is 2.23. The van der Waals surface area contributed by atoms with Gasteiger partial charge in [0.25, 0.3) is 5.91 Å². The van der Waals surface area contributed by atoms with Crippen LogP contribution in [-0.4, -0.2) is 31.3 Å². The summed E-state index contributed by atoms with van der Waals surface area (Å²) in [5, 5.41) is 18.9. The quantitative estimate of drug-likeness (QED) is 0.280. The number of rotatable bonds is 5. The lowest BCUT2D eigenvalue weighted by molar-refractivity contribution is -0.607. The first-order chi connectivity index (χ1) is 15.5. The van der Waals surface area contributed by atoms with E-state index in [4.69, 9.17) is 0 Å². The van der Waals surface area contributed by atoms with Gasteiger partial charge in [-0.3, -0.25) is 9.59 Å². The number of hydrogen-bond acceptors (Lipinski definition) is 6. The van der Waals surface area contributed by atoms with Gasteiger partial charge in [-0.05, 0) is 37.1 Å². The third-order valence-electron chi connectivity index (χ3n) is 5.01. The van der Waals surface area contributed by atoms with Crippen LogP contribution in [0.5, 0.6) is 0 Å². The SMILES string of the molecule is O=C(NC1CC1)c1nn(-c2cccc([S+]([O-])c3ccc[n+]([O-])c3)c2)c2ncccc2c1=O. The van der Waals surface area contributed by atoms with Crippen LogP contribution in [0.3, 0.4) is 0 Å². The Hall–Kier alpha value is -3.76. The molecule has 1 saturated carbocycles. The molecule has 0 bridgehead atoms. The summed E-state index contributed by atoms with van der Waals surface area (Å²) in [6, 6.07) is 13.1. The first-order valence-electron chi connectivity index (χ1n) is 9.91. The topological polar surface area (TPSA) is 127 Å². The lowest BCUT2D eigenvalue weighted by atomic mass is 10.2. The zero-order valence-corrected chi connectivity index (χ0v) is 17.5. The smallest absolute Gasteiger partial charge is 0.276 e. The van der Waals surface area contributed by atoms with Crippen molar-refractivity contribution in [3.05, 3.63) is 88.2 Å². The molecule has 0 radical (unpaired) electrons. The van der Waals surface area contributed by atoms with E-state index < -0.39 is 22.5 Å². The molecule has 160 valence electrons. The van der Waals surface area contributed by atoms with Gasteiger partial charge in [0.2, 0.25) is 16.5 Å². The van der Waals surface area contributed by atoms with Crippen LogP contribution in [-0.2, 0) is 11.2 Å². The maximum absolute atomic E-state index is 13.0. The first-order valence-corrected chi connectivity index (χ1v) is 11.1. The molecule has 1 aromatic carbocycles. The number of hydrogen-bond donors (Lipinski definition) is 1. The molecule has 0 spiro atoms. The van der Waals surface area contributed by atoms with Gasteiger partial charge in [0.15, 0.2) is 22.4 Å². The molecule has 3 aromatic heterocycles. The highest BCUT2D eigenvalue weighted by atomic mass is 32.2. The van der Waals surface area contributed by atoms with Crippen molar-refractivity contribution in [2.75, 3.05) is 0 Å². The summed E-state index contributed by atoms with van der Waals surface area (Å²) in [6.07, 6.45) is 5.85. The van der Waals surface area contributed by atoms with Crippen LogP contribution in [0, 0.1) is 5.21 Å². The summed E-state index contributed by atoms with van der Waals surface area (Å²) in [5.74, 6) is -0.527. The minimum absolute atomic E-state index is 0.0714. The van der Waals surface area contributed by atoms with E-state index in [-0.39, 0.29) is 22.8 Å². The zero-order chi connectivity index (χ0) is 22.2. The van der Waals surface area contributed by atoms with Crippen molar-refractivity contribution in [2.45, 2.75) is 28.7 Å². The number of carbonyl (C=O) groups is 1. The second-order valence-corrected chi connectivity index (χ2v) is 8.86. The average molecular weight is 447 g/mol. The average Bonchev–Trinajstić information content (AvgIpc) is 3.63. The Morgan fingerprint density at radius 1 is 1.16 bits per heavy atom. The Labute approximate surface area is 185 Å². The third-order valence-corrected chi connectivity index (χ3v) is 6.36. The van der Waals surface area contributed by atoms with Crippen LogP contribution in [0.1, 0.15) is 23.3 Å². The highest BCUT2D eigenvalue weighted by Gasteiger charge is 2.27. The van der Waals surface area contributed by atoms with E-state index in [2.05, 4.69) is 15.4 Å². The second-order valence-electron chi connectivity index (χ2n) is 7.38. The van der Waals surface area contributed by atoms with Gasteiger partial charge in [-0.2, -0.15) is 9.83 Å². The van der Waals surface area contributed by atoms with E-state index in [1.165, 1.54) is 29.3 Å². The monoisotopic (exact) mass is 447 g/mol. The molecule has 1 aliphatic carbocycles. The minimum atomic E-state index is -1.62. The molecule has 1 aliphatic rings. The van der Waals surface area contributed by atoms with Gasteiger partial charge < -0.3 is 15.1 Å². The molecule has 1 atom stereocenters. The van der Waals surface area contributed by atoms with Gasteiger partial charge in [0.05, 0.1) is 11.1 Å². The maximum Gasteiger partial charge on any atom is 0.276 e. The molecular weight excluding hydrogens is 430 g/mol. The largest absolute Gasteiger partial charge is 0.619 e. The number of nitrogens with one attached hydrogen (secondary N) is 1. The number of nitrogens with zero attached hydrogens (tertiary/aromatic N) is 4. The van der Waals surface area contributed by atoms with Crippen molar-refractivity contribution in [3.8, 4) is 5.69 Å². The third kappa shape index (κ3) is 3.81. The summed E-state index contributed by atoms with van der Waals surface area (Å²) in [6.45, 7) is 0. The molecule has 4 aromatic rings. The normalized spacial score (nSPS) is 14.3. The van der Waals surface area contributed by atoms with Crippen LogP contribution in [0.15, 0.2) is 81.7 Å². The Balaban J connectivity index is 1.63. The molecule has 1 fully saturated rings. The van der Waals surface area contributed by atoms with Gasteiger partial charge in [0, 0.05) is 41.6 Å². The van der Waals surface area contributed by atoms with Crippen molar-refractivity contribution in [2.24, 2.45) is 0 Å². The van der Waals surface area contributed by atoms with Crippen molar-refractivity contribution in [1.82, 2.24) is 20.1 Å². The molecule has 3 heterocycles. The molecule has 5 rings (SSSR count). The fraction of sp³-hybridized carbons (Fsp3) is 0.136. The van der Waals surface area contributed by atoms with Gasteiger partial charge >= 0.3 is 0 Å². The predicted octanol–water partition coefficient (Wildman–Crippen LogP) is 1.47. The number of fused-ring (bicyclic) bond motifs is 1.